The smallest absolute Gasteiger partial charge is 0.328 e. The molecule has 0 aromatic heterocycles. The second-order valence-corrected chi connectivity index (χ2v) is 11.3. The number of nitrogens with zero attached hydrogens (tertiary/aromatic N) is 1. The molecule has 1 aromatic carbocycles. The zero-order valence-corrected chi connectivity index (χ0v) is 21.5. The number of aliphatic carboxylic acids is 1. The Morgan fingerprint density at radius 3 is 2.61 bits per heavy atom. The summed E-state index contributed by atoms with van der Waals surface area (Å²) >= 11 is 0. The molecule has 0 saturated carbocycles. The number of aryl methyl sites for hydroxylation is 1. The first kappa shape index (κ1) is 28.1. The number of hydrogen-bond donors (Lipinski definition) is 3. The van der Waals surface area contributed by atoms with Gasteiger partial charge in [-0.15, -0.1) is 0 Å². The predicted octanol–water partition coefficient (Wildman–Crippen LogP) is 4.21. The number of unbranched alkanes of at least 4 members (excludes halogenated alkanes) is 2. The highest BCUT2D eigenvalue weighted by atomic mass is 31.2. The van der Waals surface area contributed by atoms with Crippen LogP contribution in [0.15, 0.2) is 65.8 Å². The zero-order valence-electron chi connectivity index (χ0n) is 20.6. The third-order valence-electron chi connectivity index (χ3n) is 6.48. The van der Waals surface area contributed by atoms with Crippen molar-refractivity contribution in [1.29, 1.82) is 0 Å². The molecule has 0 heterocycles. The van der Waals surface area contributed by atoms with Gasteiger partial charge in [0.15, 0.2) is 0 Å². The first-order chi connectivity index (χ1) is 17.3. The van der Waals surface area contributed by atoms with Gasteiger partial charge in [0, 0.05) is 0 Å². The number of nitrogens with two attached hydrogens (primary N) is 1. The fraction of sp³-hybridized carbons (Fsp3) is 0.481. The number of carboxylic acid groups (broad SMARTS) is 1. The average Bonchev–Trinajstić information content (AvgIpc) is 3.29. The Bertz CT molecular complexity index is 1040. The van der Waals surface area contributed by atoms with E-state index in [9.17, 15) is 24.2 Å². The number of benzene rings is 1. The Hall–Kier alpha value is -2.51. The largest absolute Gasteiger partial charge is 0.480 e. The normalized spacial score (nSPS) is 19.1. The topological polar surface area (TPSA) is 130 Å². The van der Waals surface area contributed by atoms with Crippen molar-refractivity contribution < 1.29 is 28.7 Å². The third kappa shape index (κ3) is 8.56. The molecule has 0 fully saturated rings. The maximum absolute atomic E-state index is 13.6. The number of rotatable bonds is 15. The number of carbonyl (C=O) groups is 2. The molecule has 0 bridgehead atoms. The first-order valence-electron chi connectivity index (χ1n) is 12.6. The summed E-state index contributed by atoms with van der Waals surface area (Å²) in [5.41, 5.74) is 8.92. The van der Waals surface area contributed by atoms with Crippen molar-refractivity contribution in [2.45, 2.75) is 63.5 Å². The third-order valence-corrected chi connectivity index (χ3v) is 7.95. The molecule has 0 saturated heterocycles. The van der Waals surface area contributed by atoms with E-state index in [1.807, 2.05) is 54.6 Å². The zero-order chi connectivity index (χ0) is 26.0. The van der Waals surface area contributed by atoms with E-state index < -0.39 is 38.2 Å². The van der Waals surface area contributed by atoms with Gasteiger partial charge in [0.1, 0.15) is 12.6 Å². The van der Waals surface area contributed by atoms with Crippen LogP contribution in [0.1, 0.15) is 50.5 Å². The molecule has 1 aromatic rings. The van der Waals surface area contributed by atoms with Crippen molar-refractivity contribution in [2.75, 3.05) is 19.3 Å². The number of allylic oxidation sites excluding steroid dienone is 4. The molecule has 196 valence electrons. The Labute approximate surface area is 213 Å². The SMILES string of the molecule is NCCCC[C@H](OP(=O)(O)CCCCc1ccccc1)C(=O)N(CC(=O)O)C1C=C2CC=CC=C2C1. The van der Waals surface area contributed by atoms with Gasteiger partial charge in [-0.1, -0.05) is 54.6 Å². The highest BCUT2D eigenvalue weighted by molar-refractivity contribution is 7.52. The van der Waals surface area contributed by atoms with Crippen molar-refractivity contribution in [3.8, 4) is 0 Å². The van der Waals surface area contributed by atoms with Crippen molar-refractivity contribution >= 4 is 19.5 Å². The maximum atomic E-state index is 13.6. The van der Waals surface area contributed by atoms with Crippen LogP contribution in [0.25, 0.3) is 0 Å². The van der Waals surface area contributed by atoms with Gasteiger partial charge in [-0.3, -0.25) is 18.7 Å². The molecule has 4 N–H and O–H groups in total. The van der Waals surface area contributed by atoms with Crippen molar-refractivity contribution in [2.24, 2.45) is 5.73 Å². The first-order valence-corrected chi connectivity index (χ1v) is 14.4. The summed E-state index contributed by atoms with van der Waals surface area (Å²) in [4.78, 5) is 37.1. The molecule has 36 heavy (non-hydrogen) atoms. The van der Waals surface area contributed by atoms with Crippen LogP contribution in [-0.4, -0.2) is 58.2 Å². The number of hydrogen-bond acceptors (Lipinski definition) is 5. The van der Waals surface area contributed by atoms with Crippen LogP contribution in [0.2, 0.25) is 0 Å². The van der Waals surface area contributed by atoms with E-state index >= 15 is 0 Å². The summed E-state index contributed by atoms with van der Waals surface area (Å²) < 4.78 is 18.5. The van der Waals surface area contributed by atoms with Crippen molar-refractivity contribution in [3.05, 3.63) is 71.3 Å². The van der Waals surface area contributed by atoms with Gasteiger partial charge in [0.2, 0.25) is 0 Å². The van der Waals surface area contributed by atoms with Gasteiger partial charge in [0.25, 0.3) is 5.91 Å². The van der Waals surface area contributed by atoms with Crippen LogP contribution in [0.5, 0.6) is 0 Å². The molecule has 3 atom stereocenters. The Kier molecular flexibility index (Phi) is 10.7. The number of amides is 1. The molecular weight excluding hydrogens is 479 g/mol. The molecule has 0 spiro atoms. The molecule has 3 rings (SSSR count). The molecule has 2 aliphatic carbocycles. The average molecular weight is 517 g/mol. The monoisotopic (exact) mass is 516 g/mol. The van der Waals surface area contributed by atoms with Gasteiger partial charge in [-0.05, 0) is 74.6 Å². The van der Waals surface area contributed by atoms with Gasteiger partial charge in [-0.25, -0.2) is 0 Å². The number of fused-ring (bicyclic) bond motifs is 1. The minimum Gasteiger partial charge on any atom is -0.480 e. The molecule has 1 amide bonds. The van der Waals surface area contributed by atoms with E-state index in [1.165, 1.54) is 4.90 Å². The standard InChI is InChI=1S/C27H37N2O6P/c28-16-8-6-15-25(35-36(33,34)17-9-7-12-21-10-2-1-3-11-21)27(32)29(20-26(30)31)24-18-22-13-4-5-14-23(22)19-24/h1-5,10-11,13,19,24-25H,6-9,12,14-18,20,28H2,(H,30,31)(H,33,34)/t24?,25-/m0/s1. The van der Waals surface area contributed by atoms with E-state index in [4.69, 9.17) is 10.3 Å². The molecule has 2 aliphatic rings. The molecule has 8 nitrogen and oxygen atoms in total. The summed E-state index contributed by atoms with van der Waals surface area (Å²) in [6.45, 7) is -0.0799. The van der Waals surface area contributed by atoms with E-state index in [2.05, 4.69) is 0 Å². The molecular formula is C27H37N2O6P. The lowest BCUT2D eigenvalue weighted by molar-refractivity contribution is -0.149. The predicted molar refractivity (Wildman–Crippen MR) is 140 cm³/mol. The van der Waals surface area contributed by atoms with Gasteiger partial charge >= 0.3 is 13.6 Å². The summed E-state index contributed by atoms with van der Waals surface area (Å²) in [6.07, 6.45) is 11.2. The highest BCUT2D eigenvalue weighted by Crippen LogP contribution is 2.45. The quantitative estimate of drug-likeness (QED) is 0.235. The lowest BCUT2D eigenvalue weighted by Crippen LogP contribution is -2.47. The van der Waals surface area contributed by atoms with E-state index in [-0.39, 0.29) is 12.6 Å². The van der Waals surface area contributed by atoms with Crippen LogP contribution in [0.3, 0.4) is 0 Å². The second-order valence-electron chi connectivity index (χ2n) is 9.33. The number of carbonyl (C=O) groups excluding carboxylic acids is 1. The molecule has 0 aliphatic heterocycles. The Morgan fingerprint density at radius 2 is 1.92 bits per heavy atom. The Balaban J connectivity index is 1.67. The van der Waals surface area contributed by atoms with Crippen molar-refractivity contribution in [3.63, 3.8) is 0 Å². The van der Waals surface area contributed by atoms with E-state index in [0.717, 1.165) is 29.6 Å². The minimum absolute atomic E-state index is 0.0640. The van der Waals surface area contributed by atoms with Gasteiger partial charge in [0.05, 0.1) is 12.2 Å². The summed E-state index contributed by atoms with van der Waals surface area (Å²) in [5, 5.41) is 9.51. The van der Waals surface area contributed by atoms with Crippen molar-refractivity contribution in [1.82, 2.24) is 4.90 Å². The van der Waals surface area contributed by atoms with E-state index in [1.54, 1.807) is 0 Å². The summed E-state index contributed by atoms with van der Waals surface area (Å²) in [5.74, 6) is -1.71. The minimum atomic E-state index is -4.07. The second kappa shape index (κ2) is 13.7. The Morgan fingerprint density at radius 1 is 1.14 bits per heavy atom. The fourth-order valence-electron chi connectivity index (χ4n) is 4.63. The molecule has 0 radical (unpaired) electrons. The molecule has 9 heteroatoms. The lowest BCUT2D eigenvalue weighted by atomic mass is 10.0. The fourth-order valence-corrected chi connectivity index (χ4v) is 5.95. The number of carboxylic acids is 1. The van der Waals surface area contributed by atoms with Gasteiger partial charge in [-0.2, -0.15) is 0 Å². The summed E-state index contributed by atoms with van der Waals surface area (Å²) in [6, 6.07) is 9.45. The van der Waals surface area contributed by atoms with Gasteiger partial charge < -0.3 is 20.6 Å². The lowest BCUT2D eigenvalue weighted by Gasteiger charge is -2.31. The van der Waals surface area contributed by atoms with E-state index in [0.29, 0.717) is 38.6 Å². The highest BCUT2D eigenvalue weighted by Gasteiger charge is 2.37. The van der Waals surface area contributed by atoms with Crippen LogP contribution < -0.4 is 5.73 Å². The molecule has 2 unspecified atom stereocenters. The van der Waals surface area contributed by atoms with Crippen LogP contribution in [0.4, 0.5) is 0 Å². The van der Waals surface area contributed by atoms with Crippen LogP contribution in [0, 0.1) is 0 Å². The summed E-state index contributed by atoms with van der Waals surface area (Å²) in [7, 11) is -4.07. The maximum Gasteiger partial charge on any atom is 0.328 e. The van der Waals surface area contributed by atoms with Crippen LogP contribution >= 0.6 is 7.60 Å². The van der Waals surface area contributed by atoms with Crippen LogP contribution in [-0.2, 0) is 25.1 Å².